The van der Waals surface area contributed by atoms with E-state index < -0.39 is 126 Å². The first-order valence-electron chi connectivity index (χ1n) is 21.1. The third-order valence-electron chi connectivity index (χ3n) is 13.0. The maximum absolute atomic E-state index is 15.9. The number of ether oxygens (including phenoxy) is 8. The molecule has 2 heterocycles. The fraction of sp³-hybridized carbons (Fsp3) is 0.600. The summed E-state index contributed by atoms with van der Waals surface area (Å²) < 4.78 is 53.0. The summed E-state index contributed by atoms with van der Waals surface area (Å²) in [5, 5.41) is 37.2. The Morgan fingerprint density at radius 1 is 0.969 bits per heavy atom. The number of Topliss-reactive ketones (excluding diaryl/α,β-unsaturated/α-hetero) is 1. The van der Waals surface area contributed by atoms with E-state index >= 15 is 4.79 Å². The minimum atomic E-state index is -2.42. The maximum Gasteiger partial charge on any atom is 0.408 e. The van der Waals surface area contributed by atoms with Crippen LogP contribution in [0.3, 0.4) is 0 Å². The van der Waals surface area contributed by atoms with Gasteiger partial charge < -0.3 is 62.9 Å². The molecule has 4 aliphatic rings. The Balaban J connectivity index is 1.57. The van der Waals surface area contributed by atoms with Gasteiger partial charge in [0.15, 0.2) is 23.6 Å². The van der Waals surface area contributed by atoms with E-state index in [2.05, 4.69) is 5.32 Å². The lowest BCUT2D eigenvalue weighted by molar-refractivity contribution is -0.351. The number of hydrogen-bond acceptors (Lipinski definition) is 18. The van der Waals surface area contributed by atoms with Gasteiger partial charge in [0.25, 0.3) is 0 Å². The van der Waals surface area contributed by atoms with E-state index in [1.165, 1.54) is 44.4 Å². The lowest BCUT2D eigenvalue weighted by Gasteiger charge is -2.67. The van der Waals surface area contributed by atoms with E-state index in [9.17, 15) is 39.3 Å². The number of rotatable bonds is 15. The predicted octanol–water partition coefficient (Wildman–Crippen LogP) is 3.02. The maximum atomic E-state index is 15.9. The zero-order chi connectivity index (χ0) is 46.9. The van der Waals surface area contributed by atoms with Crippen LogP contribution in [0.1, 0.15) is 90.4 Å². The van der Waals surface area contributed by atoms with E-state index in [1.54, 1.807) is 45.9 Å². The normalized spacial score (nSPS) is 31.4. The van der Waals surface area contributed by atoms with Gasteiger partial charge in [-0.05, 0) is 63.1 Å². The second-order valence-corrected chi connectivity index (χ2v) is 17.6. The summed E-state index contributed by atoms with van der Waals surface area (Å²) >= 11 is 0. The number of fused-ring (bicyclic) bond motifs is 5. The molecule has 3 aliphatic carbocycles. The molecule has 1 saturated heterocycles. The molecule has 2 aromatic rings. The van der Waals surface area contributed by atoms with Crippen LogP contribution in [-0.2, 0) is 57.1 Å². The molecule has 2 saturated carbocycles. The summed E-state index contributed by atoms with van der Waals surface area (Å²) in [6.45, 7) is 10.3. The van der Waals surface area contributed by atoms with Crippen LogP contribution in [0, 0.1) is 16.7 Å². The number of esters is 4. The van der Waals surface area contributed by atoms with Gasteiger partial charge in [-0.25, -0.2) is 14.4 Å². The first-order chi connectivity index (χ1) is 30.1. The topological polar surface area (TPSA) is 262 Å². The molecule has 11 atom stereocenters. The fourth-order valence-electron chi connectivity index (χ4n) is 9.99. The average Bonchev–Trinajstić information content (AvgIpc) is 3.76. The number of ketones is 1. The molecule has 1 aliphatic heterocycles. The number of alkyl carbamates (subject to hydrolysis) is 1. The Morgan fingerprint density at radius 2 is 1.67 bits per heavy atom. The highest BCUT2D eigenvalue weighted by Gasteiger charge is 2.78. The second kappa shape index (κ2) is 18.7. The van der Waals surface area contributed by atoms with Crippen LogP contribution in [0.25, 0.3) is 0 Å². The molecule has 19 heteroatoms. The van der Waals surface area contributed by atoms with Gasteiger partial charge >= 0.3 is 30.0 Å². The van der Waals surface area contributed by atoms with Crippen molar-refractivity contribution < 1.29 is 86.4 Å². The van der Waals surface area contributed by atoms with Gasteiger partial charge in [0.2, 0.25) is 0 Å². The van der Waals surface area contributed by atoms with Crippen LogP contribution in [0.2, 0.25) is 0 Å². The standard InChI is InChI=1S/C45H57NO18/c1-23(2)60-41(54)46-33(28-15-12-17-57-28)34(50)40(53)62-29-20-45(55)38(63-39(52)27-13-10-9-11-14-27)36-43(8,37(51)35(61-25(4)48)32(24(29)3)42(45,6)7)30(59-22-56-18-16-47)19-31-44(36,21-58-31)64-26(5)49/h9-15,17,23,29-31,33-36,38,47,50,55H,16,18-22H2,1-8H3,(H,46,54)/t29-,30-,31+,33-,34+,35+,36?,38-,43+,44-,45+/m0/s1. The summed E-state index contributed by atoms with van der Waals surface area (Å²) in [5.41, 5.74) is -7.69. The predicted molar refractivity (Wildman–Crippen MR) is 218 cm³/mol. The number of nitrogens with one attached hydrogen (secondary N) is 1. The molecule has 1 aromatic carbocycles. The number of amides is 1. The second-order valence-electron chi connectivity index (χ2n) is 17.6. The van der Waals surface area contributed by atoms with Crippen molar-refractivity contribution in [3.05, 3.63) is 71.2 Å². The highest BCUT2D eigenvalue weighted by atomic mass is 16.7. The van der Waals surface area contributed by atoms with Crippen molar-refractivity contribution in [2.24, 2.45) is 16.7 Å². The molecule has 2 bridgehead atoms. The first-order valence-corrected chi connectivity index (χ1v) is 21.1. The third kappa shape index (κ3) is 8.68. The zero-order valence-electron chi connectivity index (χ0n) is 37.0. The quantitative estimate of drug-likeness (QED) is 0.0658. The molecular formula is C45H57NO18. The monoisotopic (exact) mass is 899 g/mol. The summed E-state index contributed by atoms with van der Waals surface area (Å²) in [6, 6.07) is 9.16. The van der Waals surface area contributed by atoms with Crippen LogP contribution in [0.5, 0.6) is 0 Å². The van der Waals surface area contributed by atoms with Gasteiger partial charge in [-0.2, -0.15) is 0 Å². The number of carbonyl (C=O) groups is 6. The van der Waals surface area contributed by atoms with Crippen molar-refractivity contribution in [1.29, 1.82) is 0 Å². The molecule has 0 spiro atoms. The molecule has 1 amide bonds. The number of aliphatic hydroxyl groups is 3. The molecule has 19 nitrogen and oxygen atoms in total. The van der Waals surface area contributed by atoms with Crippen LogP contribution in [-0.4, -0.2) is 132 Å². The lowest BCUT2D eigenvalue weighted by atomic mass is 9.44. The van der Waals surface area contributed by atoms with Gasteiger partial charge in [-0.1, -0.05) is 32.0 Å². The van der Waals surface area contributed by atoms with Gasteiger partial charge in [-0.15, -0.1) is 0 Å². The van der Waals surface area contributed by atoms with Crippen molar-refractivity contribution in [1.82, 2.24) is 5.32 Å². The number of furan rings is 1. The zero-order valence-corrected chi connectivity index (χ0v) is 37.0. The summed E-state index contributed by atoms with van der Waals surface area (Å²) in [6.07, 6.45) is -10.5. The van der Waals surface area contributed by atoms with E-state index in [-0.39, 0.29) is 48.7 Å². The van der Waals surface area contributed by atoms with Crippen LogP contribution < -0.4 is 5.32 Å². The highest BCUT2D eigenvalue weighted by Crippen LogP contribution is 2.65. The minimum absolute atomic E-state index is 0.0146. The Kier molecular flexibility index (Phi) is 14.1. The van der Waals surface area contributed by atoms with Crippen LogP contribution in [0.4, 0.5) is 4.79 Å². The number of aliphatic hydroxyl groups excluding tert-OH is 2. The molecular weight excluding hydrogens is 842 g/mol. The SMILES string of the molecule is CC(=O)O[C@H]1C(=O)[C@@]2(C)C([C@H](OC(=O)c3ccccc3)[C@]3(O)C[C@H](OC(=O)[C@H](O)[C@@H](NC(=O)OC(C)C)c4ccco4)C(C)=C1C3(C)C)[C@]1(OC(C)=O)CO[C@@H]1C[C@@H]2OCOCCO. The molecule has 1 unspecified atom stereocenters. The third-order valence-corrected chi connectivity index (χ3v) is 13.0. The summed E-state index contributed by atoms with van der Waals surface area (Å²) in [5.74, 6) is -6.33. The fourth-order valence-corrected chi connectivity index (χ4v) is 9.99. The Morgan fingerprint density at radius 3 is 2.25 bits per heavy atom. The average molecular weight is 900 g/mol. The highest BCUT2D eigenvalue weighted by molar-refractivity contribution is 5.95. The van der Waals surface area contributed by atoms with Crippen molar-refractivity contribution >= 4 is 35.8 Å². The lowest BCUT2D eigenvalue weighted by Crippen LogP contribution is -2.82. The van der Waals surface area contributed by atoms with Crippen molar-refractivity contribution in [3.8, 4) is 0 Å². The smallest absolute Gasteiger partial charge is 0.408 e. The van der Waals surface area contributed by atoms with Gasteiger partial charge in [0.1, 0.15) is 42.5 Å². The molecule has 0 radical (unpaired) electrons. The molecule has 6 rings (SSSR count). The van der Waals surface area contributed by atoms with E-state index in [1.807, 2.05) is 0 Å². The summed E-state index contributed by atoms with van der Waals surface area (Å²) in [7, 11) is 0. The summed E-state index contributed by atoms with van der Waals surface area (Å²) in [4.78, 5) is 83.5. The minimum Gasteiger partial charge on any atom is -0.467 e. The number of benzene rings is 1. The van der Waals surface area contributed by atoms with Crippen molar-refractivity contribution in [3.63, 3.8) is 0 Å². The molecule has 1 aromatic heterocycles. The van der Waals surface area contributed by atoms with E-state index in [0.29, 0.717) is 0 Å². The number of hydrogen-bond donors (Lipinski definition) is 4. The first kappa shape index (κ1) is 48.3. The molecule has 4 N–H and O–H groups in total. The Labute approximate surface area is 369 Å². The van der Waals surface area contributed by atoms with Crippen LogP contribution in [0.15, 0.2) is 64.3 Å². The van der Waals surface area contributed by atoms with Gasteiger partial charge in [0, 0.05) is 32.1 Å². The number of carbonyl (C=O) groups excluding carboxylic acids is 6. The molecule has 64 heavy (non-hydrogen) atoms. The van der Waals surface area contributed by atoms with Gasteiger partial charge in [0.05, 0.1) is 55.2 Å². The van der Waals surface area contributed by atoms with E-state index in [4.69, 9.17) is 42.3 Å². The van der Waals surface area contributed by atoms with Crippen molar-refractivity contribution in [2.45, 2.75) is 128 Å². The Hall–Kier alpha value is -5.18. The van der Waals surface area contributed by atoms with E-state index in [0.717, 1.165) is 13.8 Å². The largest absolute Gasteiger partial charge is 0.467 e. The molecule has 350 valence electrons. The molecule has 3 fully saturated rings. The van der Waals surface area contributed by atoms with Crippen LogP contribution >= 0.6 is 0 Å². The Bertz CT molecular complexity index is 2100. The van der Waals surface area contributed by atoms with Gasteiger partial charge in [-0.3, -0.25) is 14.4 Å². The van der Waals surface area contributed by atoms with Crippen molar-refractivity contribution in [2.75, 3.05) is 26.6 Å².